The third kappa shape index (κ3) is 5.15. The fourth-order valence-electron chi connectivity index (χ4n) is 3.94. The lowest BCUT2D eigenvalue weighted by Gasteiger charge is -2.26. The lowest BCUT2D eigenvalue weighted by molar-refractivity contribution is -0.137. The normalized spacial score (nSPS) is 16.0. The number of hydrogen-bond donors (Lipinski definition) is 2. The molecule has 3 aromatic rings. The summed E-state index contributed by atoms with van der Waals surface area (Å²) in [5.74, 6) is 1.15. The molecule has 172 valence electrons. The first-order chi connectivity index (χ1) is 15.0. The van der Waals surface area contributed by atoms with Gasteiger partial charge in [-0.15, -0.1) is 0 Å². The van der Waals surface area contributed by atoms with E-state index in [-0.39, 0.29) is 22.2 Å². The standard InChI is InChI=1S/C22H26ClF3N6/c1-21(2,3)11-18-28-12-17-19(31-18)32(16-4-6-27-7-5-16)20(30-17)29-15-9-13(22(24,25)26)8-14(23)10-15/h8-10,12,16,27H,4-7,11H2,1-3H3,(H,29,30). The van der Waals surface area contributed by atoms with Gasteiger partial charge >= 0.3 is 6.18 Å². The van der Waals surface area contributed by atoms with Crippen LogP contribution in [0, 0.1) is 5.41 Å². The van der Waals surface area contributed by atoms with Crippen molar-refractivity contribution in [1.82, 2.24) is 24.8 Å². The van der Waals surface area contributed by atoms with Gasteiger partial charge in [0.05, 0.1) is 11.8 Å². The van der Waals surface area contributed by atoms with Crippen LogP contribution in [0.2, 0.25) is 5.02 Å². The molecule has 1 aliphatic heterocycles. The number of nitrogens with one attached hydrogen (secondary N) is 2. The van der Waals surface area contributed by atoms with Gasteiger partial charge in [0.15, 0.2) is 5.65 Å². The number of benzene rings is 1. The quantitative estimate of drug-likeness (QED) is 0.512. The fourth-order valence-corrected chi connectivity index (χ4v) is 4.17. The lowest BCUT2D eigenvalue weighted by atomic mass is 9.92. The van der Waals surface area contributed by atoms with Gasteiger partial charge in [-0.05, 0) is 49.5 Å². The fraction of sp³-hybridized carbons (Fsp3) is 0.500. The number of alkyl halides is 3. The van der Waals surface area contributed by atoms with Crippen LogP contribution >= 0.6 is 11.6 Å². The lowest BCUT2D eigenvalue weighted by Crippen LogP contribution is -2.30. The molecule has 10 heteroatoms. The molecule has 6 nitrogen and oxygen atoms in total. The van der Waals surface area contributed by atoms with Crippen molar-refractivity contribution in [1.29, 1.82) is 0 Å². The number of imidazole rings is 1. The number of aromatic nitrogens is 4. The van der Waals surface area contributed by atoms with Crippen LogP contribution in [0.4, 0.5) is 24.8 Å². The highest BCUT2D eigenvalue weighted by atomic mass is 35.5. The van der Waals surface area contributed by atoms with E-state index in [4.69, 9.17) is 16.6 Å². The van der Waals surface area contributed by atoms with Gasteiger partial charge in [-0.2, -0.15) is 13.2 Å². The molecule has 1 fully saturated rings. The maximum atomic E-state index is 13.3. The molecule has 1 saturated heterocycles. The summed E-state index contributed by atoms with van der Waals surface area (Å²) in [4.78, 5) is 13.9. The summed E-state index contributed by atoms with van der Waals surface area (Å²) in [6.45, 7) is 8.05. The van der Waals surface area contributed by atoms with E-state index < -0.39 is 11.7 Å². The molecule has 0 bridgehead atoms. The number of rotatable bonds is 4. The predicted molar refractivity (Wildman–Crippen MR) is 119 cm³/mol. The molecule has 0 atom stereocenters. The first-order valence-corrected chi connectivity index (χ1v) is 11.0. The third-order valence-electron chi connectivity index (χ3n) is 5.33. The van der Waals surface area contributed by atoms with Crippen molar-refractivity contribution in [2.75, 3.05) is 18.4 Å². The molecule has 2 N–H and O–H groups in total. The number of halogens is 4. The molecular formula is C22H26ClF3N6. The average molecular weight is 467 g/mol. The van der Waals surface area contributed by atoms with E-state index in [1.165, 1.54) is 6.07 Å². The Morgan fingerprint density at radius 3 is 2.50 bits per heavy atom. The minimum absolute atomic E-state index is 0.000826. The van der Waals surface area contributed by atoms with Crippen molar-refractivity contribution in [2.45, 2.75) is 52.3 Å². The Morgan fingerprint density at radius 2 is 1.84 bits per heavy atom. The zero-order valence-corrected chi connectivity index (χ0v) is 19.0. The summed E-state index contributed by atoms with van der Waals surface area (Å²) in [7, 11) is 0. The van der Waals surface area contributed by atoms with E-state index in [9.17, 15) is 13.2 Å². The van der Waals surface area contributed by atoms with Crippen LogP contribution < -0.4 is 10.6 Å². The molecule has 1 aliphatic rings. The van der Waals surface area contributed by atoms with E-state index in [0.29, 0.717) is 29.4 Å². The Labute approximate surface area is 189 Å². The highest BCUT2D eigenvalue weighted by Gasteiger charge is 2.31. The average Bonchev–Trinajstić information content (AvgIpc) is 3.03. The number of anilines is 2. The van der Waals surface area contributed by atoms with Crippen molar-refractivity contribution in [3.8, 4) is 0 Å². The molecule has 0 unspecified atom stereocenters. The van der Waals surface area contributed by atoms with Crippen LogP contribution in [0.3, 0.4) is 0 Å². The molecule has 3 heterocycles. The van der Waals surface area contributed by atoms with Crippen molar-refractivity contribution >= 4 is 34.4 Å². The second kappa shape index (κ2) is 8.51. The summed E-state index contributed by atoms with van der Waals surface area (Å²) < 4.78 is 41.8. The van der Waals surface area contributed by atoms with Gasteiger partial charge in [-0.25, -0.2) is 15.0 Å². The van der Waals surface area contributed by atoms with Crippen LogP contribution in [0.25, 0.3) is 11.2 Å². The van der Waals surface area contributed by atoms with Gasteiger partial charge in [-0.1, -0.05) is 32.4 Å². The van der Waals surface area contributed by atoms with Crippen LogP contribution in [0.1, 0.15) is 51.0 Å². The predicted octanol–water partition coefficient (Wildman–Crippen LogP) is 5.76. The highest BCUT2D eigenvalue weighted by Crippen LogP contribution is 2.35. The van der Waals surface area contributed by atoms with Crippen molar-refractivity contribution in [2.24, 2.45) is 5.41 Å². The summed E-state index contributed by atoms with van der Waals surface area (Å²) >= 11 is 5.97. The van der Waals surface area contributed by atoms with E-state index in [0.717, 1.165) is 38.1 Å². The molecule has 0 radical (unpaired) electrons. The molecule has 4 rings (SSSR count). The molecule has 0 aliphatic carbocycles. The summed E-state index contributed by atoms with van der Waals surface area (Å²) in [5, 5.41) is 6.40. The van der Waals surface area contributed by atoms with E-state index >= 15 is 0 Å². The van der Waals surface area contributed by atoms with Crippen LogP contribution in [-0.4, -0.2) is 32.6 Å². The molecule has 32 heavy (non-hydrogen) atoms. The smallest absolute Gasteiger partial charge is 0.325 e. The van der Waals surface area contributed by atoms with Gasteiger partial charge in [0.25, 0.3) is 0 Å². The van der Waals surface area contributed by atoms with Crippen molar-refractivity contribution in [3.63, 3.8) is 0 Å². The molecule has 2 aromatic heterocycles. The second-order valence-electron chi connectivity index (χ2n) is 9.37. The molecule has 0 spiro atoms. The monoisotopic (exact) mass is 466 g/mol. The van der Waals surface area contributed by atoms with Crippen molar-refractivity contribution < 1.29 is 13.2 Å². The number of nitrogens with zero attached hydrogens (tertiary/aromatic N) is 4. The van der Waals surface area contributed by atoms with E-state index in [1.807, 2.05) is 4.57 Å². The minimum atomic E-state index is -4.50. The highest BCUT2D eigenvalue weighted by molar-refractivity contribution is 6.31. The number of hydrogen-bond acceptors (Lipinski definition) is 5. The molecular weight excluding hydrogens is 441 g/mol. The SMILES string of the molecule is CC(C)(C)Cc1ncc2nc(Nc3cc(Cl)cc(C(F)(F)F)c3)n(C3CCNCC3)c2n1. The zero-order valence-electron chi connectivity index (χ0n) is 18.2. The number of piperidine rings is 1. The molecule has 0 saturated carbocycles. The first kappa shape index (κ1) is 22.8. The molecule has 0 amide bonds. The van der Waals surface area contributed by atoms with Gasteiger partial charge in [0, 0.05) is 23.2 Å². The van der Waals surface area contributed by atoms with Gasteiger partial charge in [0.2, 0.25) is 5.95 Å². The maximum absolute atomic E-state index is 13.3. The van der Waals surface area contributed by atoms with Gasteiger partial charge in [0.1, 0.15) is 11.3 Å². The van der Waals surface area contributed by atoms with Gasteiger partial charge < -0.3 is 10.6 Å². The Morgan fingerprint density at radius 1 is 1.12 bits per heavy atom. The Balaban J connectivity index is 1.79. The van der Waals surface area contributed by atoms with Crippen LogP contribution in [0.15, 0.2) is 24.4 Å². The third-order valence-corrected chi connectivity index (χ3v) is 5.54. The maximum Gasteiger partial charge on any atom is 0.416 e. The summed E-state index contributed by atoms with van der Waals surface area (Å²) in [5.41, 5.74) is 0.708. The largest absolute Gasteiger partial charge is 0.416 e. The Hall–Kier alpha value is -2.39. The Bertz CT molecular complexity index is 1110. The summed E-state index contributed by atoms with van der Waals surface area (Å²) in [6.07, 6.45) is -0.383. The minimum Gasteiger partial charge on any atom is -0.325 e. The van der Waals surface area contributed by atoms with E-state index in [1.54, 1.807) is 6.20 Å². The second-order valence-corrected chi connectivity index (χ2v) is 9.81. The Kier molecular flexibility index (Phi) is 6.06. The summed E-state index contributed by atoms with van der Waals surface area (Å²) in [6, 6.07) is 3.52. The van der Waals surface area contributed by atoms with Crippen molar-refractivity contribution in [3.05, 3.63) is 40.8 Å². The molecule has 1 aromatic carbocycles. The zero-order chi connectivity index (χ0) is 23.1. The van der Waals surface area contributed by atoms with E-state index in [2.05, 4.69) is 41.4 Å². The van der Waals surface area contributed by atoms with Crippen LogP contribution in [0.5, 0.6) is 0 Å². The van der Waals surface area contributed by atoms with Gasteiger partial charge in [-0.3, -0.25) is 4.57 Å². The topological polar surface area (TPSA) is 67.7 Å². The number of fused-ring (bicyclic) bond motifs is 1. The first-order valence-electron chi connectivity index (χ1n) is 10.6. The van der Waals surface area contributed by atoms with Crippen LogP contribution in [-0.2, 0) is 12.6 Å².